The molecule has 0 radical (unpaired) electrons. The van der Waals surface area contributed by atoms with Crippen LogP contribution in [0.1, 0.15) is 47.8 Å². The summed E-state index contributed by atoms with van der Waals surface area (Å²) in [4.78, 5) is 12.2. The van der Waals surface area contributed by atoms with Crippen molar-refractivity contribution in [3.05, 3.63) is 70.8 Å². The molecule has 2 aromatic rings. The number of hydrogen-bond donors (Lipinski definition) is 1. The Morgan fingerprint density at radius 3 is 2.42 bits per heavy atom. The minimum absolute atomic E-state index is 0.00612. The number of amides is 1. The zero-order valence-electron chi connectivity index (χ0n) is 15.1. The Morgan fingerprint density at radius 1 is 1.08 bits per heavy atom. The molecule has 0 bridgehead atoms. The average Bonchev–Trinajstić information content (AvgIpc) is 2.54. The Bertz CT molecular complexity index is 671. The standard InChI is InChI=1S/C21H27NOS/c1-16-6-5-7-17(14-16)15-24-13-12-22-20(23)18-8-10-19(11-9-18)21(2,3)4/h5-11,14H,12-13,15H2,1-4H3,(H,22,23). The fourth-order valence-corrected chi connectivity index (χ4v) is 3.26. The van der Waals surface area contributed by atoms with Crippen molar-refractivity contribution in [1.82, 2.24) is 5.32 Å². The monoisotopic (exact) mass is 341 g/mol. The highest BCUT2D eigenvalue weighted by molar-refractivity contribution is 7.98. The Morgan fingerprint density at radius 2 is 1.79 bits per heavy atom. The van der Waals surface area contributed by atoms with Gasteiger partial charge in [-0.05, 0) is 35.6 Å². The fourth-order valence-electron chi connectivity index (χ4n) is 2.45. The predicted octanol–water partition coefficient (Wildman–Crippen LogP) is 4.96. The summed E-state index contributed by atoms with van der Waals surface area (Å²) in [5, 5.41) is 3.00. The summed E-state index contributed by atoms with van der Waals surface area (Å²) < 4.78 is 0. The van der Waals surface area contributed by atoms with Crippen molar-refractivity contribution in [1.29, 1.82) is 0 Å². The minimum atomic E-state index is 0.00612. The van der Waals surface area contributed by atoms with Gasteiger partial charge in [-0.15, -0.1) is 0 Å². The summed E-state index contributed by atoms with van der Waals surface area (Å²) in [5.74, 6) is 1.91. The molecule has 0 heterocycles. The molecule has 0 fully saturated rings. The smallest absolute Gasteiger partial charge is 0.251 e. The molecular weight excluding hydrogens is 314 g/mol. The first kappa shape index (κ1) is 18.6. The van der Waals surface area contributed by atoms with Gasteiger partial charge in [0.05, 0.1) is 0 Å². The van der Waals surface area contributed by atoms with E-state index in [0.717, 1.165) is 17.1 Å². The highest BCUT2D eigenvalue weighted by atomic mass is 32.2. The number of thioether (sulfide) groups is 1. The topological polar surface area (TPSA) is 29.1 Å². The molecule has 3 heteroatoms. The lowest BCUT2D eigenvalue weighted by atomic mass is 9.87. The normalized spacial score (nSPS) is 11.3. The van der Waals surface area contributed by atoms with Gasteiger partial charge in [-0.25, -0.2) is 0 Å². The van der Waals surface area contributed by atoms with Crippen LogP contribution in [0.15, 0.2) is 48.5 Å². The lowest BCUT2D eigenvalue weighted by molar-refractivity contribution is 0.0956. The van der Waals surface area contributed by atoms with E-state index < -0.39 is 0 Å². The predicted molar refractivity (Wildman–Crippen MR) is 105 cm³/mol. The van der Waals surface area contributed by atoms with Crippen LogP contribution in [-0.4, -0.2) is 18.2 Å². The second kappa shape index (κ2) is 8.39. The number of benzene rings is 2. The first-order chi connectivity index (χ1) is 11.4. The van der Waals surface area contributed by atoms with Gasteiger partial charge in [0.2, 0.25) is 0 Å². The van der Waals surface area contributed by atoms with Gasteiger partial charge in [0.1, 0.15) is 0 Å². The SMILES string of the molecule is Cc1cccc(CSCCNC(=O)c2ccc(C(C)(C)C)cc2)c1. The van der Waals surface area contributed by atoms with E-state index in [1.165, 1.54) is 16.7 Å². The van der Waals surface area contributed by atoms with Crippen LogP contribution < -0.4 is 5.32 Å². The van der Waals surface area contributed by atoms with Crippen molar-refractivity contribution < 1.29 is 4.79 Å². The number of nitrogens with one attached hydrogen (secondary N) is 1. The molecule has 128 valence electrons. The van der Waals surface area contributed by atoms with Crippen LogP contribution in [0.2, 0.25) is 0 Å². The second-order valence-corrected chi connectivity index (χ2v) is 8.23. The average molecular weight is 342 g/mol. The summed E-state index contributed by atoms with van der Waals surface area (Å²) in [7, 11) is 0. The van der Waals surface area contributed by atoms with Gasteiger partial charge >= 0.3 is 0 Å². The van der Waals surface area contributed by atoms with E-state index in [4.69, 9.17) is 0 Å². The van der Waals surface area contributed by atoms with E-state index in [-0.39, 0.29) is 11.3 Å². The van der Waals surface area contributed by atoms with Crippen LogP contribution in [0.5, 0.6) is 0 Å². The molecule has 24 heavy (non-hydrogen) atoms. The Hall–Kier alpha value is -1.74. The maximum atomic E-state index is 12.2. The van der Waals surface area contributed by atoms with Gasteiger partial charge in [0.15, 0.2) is 0 Å². The second-order valence-electron chi connectivity index (χ2n) is 7.12. The van der Waals surface area contributed by atoms with Crippen molar-refractivity contribution >= 4 is 17.7 Å². The molecule has 1 amide bonds. The molecule has 0 aliphatic rings. The number of carbonyl (C=O) groups is 1. The van der Waals surface area contributed by atoms with Gasteiger partial charge in [-0.3, -0.25) is 4.79 Å². The van der Waals surface area contributed by atoms with Crippen LogP contribution >= 0.6 is 11.8 Å². The van der Waals surface area contributed by atoms with E-state index in [9.17, 15) is 4.79 Å². The van der Waals surface area contributed by atoms with Crippen molar-refractivity contribution in [2.75, 3.05) is 12.3 Å². The van der Waals surface area contributed by atoms with E-state index in [0.29, 0.717) is 6.54 Å². The Labute approximate surface area is 150 Å². The molecule has 0 aromatic heterocycles. The minimum Gasteiger partial charge on any atom is -0.351 e. The van der Waals surface area contributed by atoms with E-state index in [1.807, 2.05) is 36.0 Å². The van der Waals surface area contributed by atoms with Crippen molar-refractivity contribution in [3.8, 4) is 0 Å². The molecule has 2 nitrogen and oxygen atoms in total. The Kier molecular flexibility index (Phi) is 6.50. The first-order valence-corrected chi connectivity index (χ1v) is 9.54. The summed E-state index contributed by atoms with van der Waals surface area (Å²) >= 11 is 1.84. The van der Waals surface area contributed by atoms with Gasteiger partial charge < -0.3 is 5.32 Å². The molecular formula is C21H27NOS. The fraction of sp³-hybridized carbons (Fsp3) is 0.381. The third kappa shape index (κ3) is 5.72. The van der Waals surface area contributed by atoms with Gasteiger partial charge in [0, 0.05) is 23.6 Å². The summed E-state index contributed by atoms with van der Waals surface area (Å²) in [6.45, 7) is 9.32. The zero-order valence-corrected chi connectivity index (χ0v) is 15.9. The lowest BCUT2D eigenvalue weighted by Crippen LogP contribution is -2.25. The summed E-state index contributed by atoms with van der Waals surface area (Å²) in [5.41, 5.74) is 4.71. The molecule has 2 rings (SSSR count). The van der Waals surface area contributed by atoms with Crippen LogP contribution in [-0.2, 0) is 11.2 Å². The third-order valence-corrected chi connectivity index (χ3v) is 4.93. The quantitative estimate of drug-likeness (QED) is 0.753. The summed E-state index contributed by atoms with van der Waals surface area (Å²) in [6, 6.07) is 16.5. The molecule has 0 saturated heterocycles. The highest BCUT2D eigenvalue weighted by Crippen LogP contribution is 2.22. The van der Waals surface area contributed by atoms with Crippen LogP contribution in [0.4, 0.5) is 0 Å². The Balaban J connectivity index is 1.73. The first-order valence-electron chi connectivity index (χ1n) is 8.38. The van der Waals surface area contributed by atoms with E-state index >= 15 is 0 Å². The number of hydrogen-bond acceptors (Lipinski definition) is 2. The zero-order chi connectivity index (χ0) is 17.6. The molecule has 2 aromatic carbocycles. The maximum Gasteiger partial charge on any atom is 0.251 e. The van der Waals surface area contributed by atoms with E-state index in [1.54, 1.807) is 0 Å². The molecule has 0 atom stereocenters. The van der Waals surface area contributed by atoms with Crippen molar-refractivity contribution in [3.63, 3.8) is 0 Å². The maximum absolute atomic E-state index is 12.2. The molecule has 0 spiro atoms. The summed E-state index contributed by atoms with van der Waals surface area (Å²) in [6.07, 6.45) is 0. The van der Waals surface area contributed by atoms with Crippen molar-refractivity contribution in [2.24, 2.45) is 0 Å². The molecule has 0 unspecified atom stereocenters. The van der Waals surface area contributed by atoms with Crippen LogP contribution in [0.25, 0.3) is 0 Å². The van der Waals surface area contributed by atoms with Crippen LogP contribution in [0.3, 0.4) is 0 Å². The van der Waals surface area contributed by atoms with Crippen molar-refractivity contribution in [2.45, 2.75) is 38.9 Å². The van der Waals surface area contributed by atoms with Gasteiger partial charge in [-0.2, -0.15) is 11.8 Å². The number of rotatable bonds is 6. The number of carbonyl (C=O) groups excluding carboxylic acids is 1. The molecule has 0 aliphatic carbocycles. The third-order valence-electron chi connectivity index (χ3n) is 3.90. The van der Waals surface area contributed by atoms with E-state index in [2.05, 4.69) is 57.3 Å². The largest absolute Gasteiger partial charge is 0.351 e. The molecule has 0 saturated carbocycles. The lowest BCUT2D eigenvalue weighted by Gasteiger charge is -2.19. The molecule has 0 aliphatic heterocycles. The molecule has 1 N–H and O–H groups in total. The number of aryl methyl sites for hydroxylation is 1. The van der Waals surface area contributed by atoms with Gasteiger partial charge in [0.25, 0.3) is 5.91 Å². The van der Waals surface area contributed by atoms with Crippen LogP contribution in [0, 0.1) is 6.92 Å². The van der Waals surface area contributed by atoms with Gasteiger partial charge in [-0.1, -0.05) is 62.7 Å². The highest BCUT2D eigenvalue weighted by Gasteiger charge is 2.14.